The summed E-state index contributed by atoms with van der Waals surface area (Å²) >= 11 is 0. The second-order valence-corrected chi connectivity index (χ2v) is 7.06. The Hall–Kier alpha value is -3.78. The number of carbonyl (C=O) groups is 4. The van der Waals surface area contributed by atoms with Crippen molar-refractivity contribution < 1.29 is 29.4 Å². The quantitative estimate of drug-likeness (QED) is 0.162. The minimum Gasteiger partial charge on any atom is -0.480 e. The van der Waals surface area contributed by atoms with Gasteiger partial charge in [0.05, 0.1) is 18.8 Å². The topological polar surface area (TPSA) is 228 Å². The number of amides is 3. The van der Waals surface area contributed by atoms with Crippen molar-refractivity contribution in [3.8, 4) is 0 Å². The summed E-state index contributed by atoms with van der Waals surface area (Å²) in [5.74, 6) is -3.47. The van der Waals surface area contributed by atoms with E-state index in [9.17, 15) is 24.3 Å². The van der Waals surface area contributed by atoms with Gasteiger partial charge in [0.2, 0.25) is 17.7 Å². The molecule has 0 aliphatic heterocycles. The Morgan fingerprint density at radius 2 is 1.47 bits per heavy atom. The number of carboxylic acid groups (broad SMARTS) is 1. The maximum absolute atomic E-state index is 13.0. The standard InChI is InChI=1S/C18H26N8O6/c1-9(27)15(19)18(32)26-13(3-11-5-21-8-24-11)17(31)25-12(2-10-4-20-7-23-10)16(30)22-6-14(28)29/h4-5,7-9,12-13,15,27H,2-3,6,19H2,1H3,(H,20,23)(H,21,24)(H,22,30)(H,25,31)(H,26,32)(H,28,29). The summed E-state index contributed by atoms with van der Waals surface area (Å²) in [4.78, 5) is 61.9. The van der Waals surface area contributed by atoms with Crippen LogP contribution >= 0.6 is 0 Å². The molecule has 2 rings (SSSR count). The van der Waals surface area contributed by atoms with Gasteiger partial charge in [-0.3, -0.25) is 19.2 Å². The van der Waals surface area contributed by atoms with Crippen LogP contribution in [0.15, 0.2) is 25.0 Å². The van der Waals surface area contributed by atoms with E-state index in [1.54, 1.807) is 0 Å². The first-order valence-electron chi connectivity index (χ1n) is 9.65. The fourth-order valence-corrected chi connectivity index (χ4v) is 2.70. The van der Waals surface area contributed by atoms with E-state index >= 15 is 0 Å². The van der Waals surface area contributed by atoms with Gasteiger partial charge in [-0.15, -0.1) is 0 Å². The number of imidazole rings is 2. The van der Waals surface area contributed by atoms with Gasteiger partial charge >= 0.3 is 5.97 Å². The number of carbonyl (C=O) groups excluding carboxylic acids is 3. The summed E-state index contributed by atoms with van der Waals surface area (Å²) in [7, 11) is 0. The van der Waals surface area contributed by atoms with E-state index in [4.69, 9.17) is 10.8 Å². The van der Waals surface area contributed by atoms with Crippen LogP contribution in [0.2, 0.25) is 0 Å². The molecule has 0 aromatic carbocycles. The van der Waals surface area contributed by atoms with E-state index < -0.39 is 54.5 Å². The number of carboxylic acids is 1. The number of nitrogens with one attached hydrogen (secondary N) is 5. The Morgan fingerprint density at radius 1 is 0.969 bits per heavy atom. The lowest BCUT2D eigenvalue weighted by Gasteiger charge is -2.24. The number of hydrogen-bond donors (Lipinski definition) is 8. The molecule has 4 atom stereocenters. The summed E-state index contributed by atoms with van der Waals surface area (Å²) in [5, 5.41) is 25.6. The molecule has 0 spiro atoms. The van der Waals surface area contributed by atoms with Crippen molar-refractivity contribution in [3.63, 3.8) is 0 Å². The first-order chi connectivity index (χ1) is 15.2. The van der Waals surface area contributed by atoms with E-state index in [0.717, 1.165) is 0 Å². The molecule has 32 heavy (non-hydrogen) atoms. The van der Waals surface area contributed by atoms with Crippen molar-refractivity contribution in [1.82, 2.24) is 35.9 Å². The lowest BCUT2D eigenvalue weighted by molar-refractivity contribution is -0.138. The molecule has 0 aliphatic rings. The van der Waals surface area contributed by atoms with Crippen LogP contribution in [0.4, 0.5) is 0 Å². The van der Waals surface area contributed by atoms with Gasteiger partial charge in [-0.05, 0) is 6.92 Å². The van der Waals surface area contributed by atoms with Gasteiger partial charge in [0.25, 0.3) is 0 Å². The molecule has 0 bridgehead atoms. The van der Waals surface area contributed by atoms with Crippen LogP contribution in [0.3, 0.4) is 0 Å². The summed E-state index contributed by atoms with van der Waals surface area (Å²) in [6.07, 6.45) is 4.54. The molecule has 0 aliphatic carbocycles. The first kappa shape index (κ1) is 24.5. The summed E-state index contributed by atoms with van der Waals surface area (Å²) < 4.78 is 0. The van der Waals surface area contributed by atoms with Crippen LogP contribution < -0.4 is 21.7 Å². The van der Waals surface area contributed by atoms with Gasteiger partial charge in [-0.25, -0.2) is 9.97 Å². The van der Waals surface area contributed by atoms with Crippen LogP contribution in [0.25, 0.3) is 0 Å². The molecule has 14 nitrogen and oxygen atoms in total. The number of hydrogen-bond acceptors (Lipinski definition) is 8. The highest BCUT2D eigenvalue weighted by atomic mass is 16.4. The zero-order valence-electron chi connectivity index (χ0n) is 17.2. The van der Waals surface area contributed by atoms with E-state index in [1.165, 1.54) is 32.0 Å². The zero-order chi connectivity index (χ0) is 23.7. The number of aromatic amines is 2. The van der Waals surface area contributed by atoms with Gasteiger partial charge in [-0.2, -0.15) is 0 Å². The fourth-order valence-electron chi connectivity index (χ4n) is 2.70. The predicted octanol–water partition coefficient (Wildman–Crippen LogP) is -3.20. The highest BCUT2D eigenvalue weighted by Crippen LogP contribution is 2.04. The molecular formula is C18H26N8O6. The SMILES string of the molecule is CC(O)C(N)C(=O)NC(Cc1cnc[nH]1)C(=O)NC(Cc1cnc[nH]1)C(=O)NCC(=O)O. The number of aromatic nitrogens is 4. The number of aliphatic carboxylic acids is 1. The van der Waals surface area contributed by atoms with Gasteiger partial charge < -0.3 is 41.9 Å². The molecule has 9 N–H and O–H groups in total. The third-order valence-electron chi connectivity index (χ3n) is 4.46. The lowest BCUT2D eigenvalue weighted by Crippen LogP contribution is -2.58. The number of nitrogens with zero attached hydrogens (tertiary/aromatic N) is 2. The van der Waals surface area contributed by atoms with Crippen molar-refractivity contribution in [1.29, 1.82) is 0 Å². The van der Waals surface area contributed by atoms with E-state index in [2.05, 4.69) is 35.9 Å². The predicted molar refractivity (Wildman–Crippen MR) is 109 cm³/mol. The molecular weight excluding hydrogens is 424 g/mol. The molecule has 0 saturated carbocycles. The van der Waals surface area contributed by atoms with Crippen LogP contribution in [-0.4, -0.2) is 84.6 Å². The molecule has 4 unspecified atom stereocenters. The second-order valence-electron chi connectivity index (χ2n) is 7.06. The van der Waals surface area contributed by atoms with Gasteiger partial charge in [-0.1, -0.05) is 0 Å². The van der Waals surface area contributed by atoms with Gasteiger partial charge in [0, 0.05) is 36.6 Å². The van der Waals surface area contributed by atoms with Crippen LogP contribution in [-0.2, 0) is 32.0 Å². The Morgan fingerprint density at radius 3 is 1.91 bits per heavy atom. The van der Waals surface area contributed by atoms with E-state index in [-0.39, 0.29) is 12.8 Å². The molecule has 174 valence electrons. The van der Waals surface area contributed by atoms with Crippen molar-refractivity contribution in [2.75, 3.05) is 6.54 Å². The Kier molecular flexibility index (Phi) is 8.85. The Bertz CT molecular complexity index is 899. The third kappa shape index (κ3) is 7.48. The minimum absolute atomic E-state index is 0.00236. The highest BCUT2D eigenvalue weighted by Gasteiger charge is 2.30. The average molecular weight is 450 g/mol. The van der Waals surface area contributed by atoms with E-state index in [1.807, 2.05) is 0 Å². The zero-order valence-corrected chi connectivity index (χ0v) is 17.2. The highest BCUT2D eigenvalue weighted by molar-refractivity contribution is 5.94. The molecule has 0 radical (unpaired) electrons. The third-order valence-corrected chi connectivity index (χ3v) is 4.46. The van der Waals surface area contributed by atoms with E-state index in [0.29, 0.717) is 11.4 Å². The Labute approximate surface area is 182 Å². The average Bonchev–Trinajstić information content (AvgIpc) is 3.44. The molecule has 2 aromatic rings. The maximum Gasteiger partial charge on any atom is 0.322 e. The summed E-state index contributed by atoms with van der Waals surface area (Å²) in [6, 6.07) is -3.59. The van der Waals surface area contributed by atoms with Gasteiger partial charge in [0.1, 0.15) is 24.7 Å². The first-order valence-corrected chi connectivity index (χ1v) is 9.65. The molecule has 2 heterocycles. The van der Waals surface area contributed by atoms with Crippen molar-refractivity contribution in [2.24, 2.45) is 5.73 Å². The minimum atomic E-state index is -1.27. The summed E-state index contributed by atoms with van der Waals surface area (Å²) in [5.41, 5.74) is 6.69. The van der Waals surface area contributed by atoms with Crippen LogP contribution in [0, 0.1) is 0 Å². The van der Waals surface area contributed by atoms with Gasteiger partial charge in [0.15, 0.2) is 0 Å². The lowest BCUT2D eigenvalue weighted by atomic mass is 10.1. The molecule has 2 aromatic heterocycles. The maximum atomic E-state index is 13.0. The Balaban J connectivity index is 2.17. The second kappa shape index (κ2) is 11.6. The molecule has 0 fully saturated rings. The number of H-pyrrole nitrogens is 2. The summed E-state index contributed by atoms with van der Waals surface area (Å²) in [6.45, 7) is 0.702. The molecule has 0 saturated heterocycles. The smallest absolute Gasteiger partial charge is 0.322 e. The number of rotatable bonds is 12. The molecule has 14 heteroatoms. The number of aliphatic hydroxyl groups is 1. The number of nitrogens with two attached hydrogens (primary N) is 1. The van der Waals surface area contributed by atoms with Crippen molar-refractivity contribution in [2.45, 2.75) is 44.0 Å². The van der Waals surface area contributed by atoms with Crippen molar-refractivity contribution >= 4 is 23.7 Å². The fraction of sp³-hybridized carbons (Fsp3) is 0.444. The molecule has 3 amide bonds. The van der Waals surface area contributed by atoms with Crippen LogP contribution in [0.5, 0.6) is 0 Å². The van der Waals surface area contributed by atoms with Crippen molar-refractivity contribution in [3.05, 3.63) is 36.4 Å². The normalized spacial score (nSPS) is 14.6. The van der Waals surface area contributed by atoms with Crippen LogP contribution in [0.1, 0.15) is 18.3 Å². The largest absolute Gasteiger partial charge is 0.480 e. The monoisotopic (exact) mass is 450 g/mol. The number of aliphatic hydroxyl groups excluding tert-OH is 1.